The number of benzene rings is 1. The summed E-state index contributed by atoms with van der Waals surface area (Å²) in [5.41, 5.74) is 2.63. The first-order valence-electron chi connectivity index (χ1n) is 9.15. The van der Waals surface area contributed by atoms with Gasteiger partial charge in [-0.15, -0.1) is 0 Å². The SMILES string of the molecule is CC(C)c1cc(C=C2SC=CN(CCCC(=O)O)C2=O)cc(C(C)C)c1O. The number of aliphatic carboxylic acids is 1. The van der Waals surface area contributed by atoms with Crippen molar-refractivity contribution in [1.29, 1.82) is 0 Å². The fourth-order valence-electron chi connectivity index (χ4n) is 2.93. The lowest BCUT2D eigenvalue weighted by molar-refractivity contribution is -0.137. The Labute approximate surface area is 164 Å². The second-order valence-corrected chi connectivity index (χ2v) is 8.21. The topological polar surface area (TPSA) is 77.8 Å². The molecule has 0 saturated heterocycles. The lowest BCUT2D eigenvalue weighted by Crippen LogP contribution is -2.29. The molecule has 27 heavy (non-hydrogen) atoms. The van der Waals surface area contributed by atoms with Crippen molar-refractivity contribution >= 4 is 29.7 Å². The molecule has 5 nitrogen and oxygen atoms in total. The highest BCUT2D eigenvalue weighted by molar-refractivity contribution is 8.06. The van der Waals surface area contributed by atoms with Crippen LogP contribution in [-0.2, 0) is 9.59 Å². The Kier molecular flexibility index (Phi) is 7.13. The summed E-state index contributed by atoms with van der Waals surface area (Å²) >= 11 is 1.35. The Hall–Kier alpha value is -2.21. The van der Waals surface area contributed by atoms with Crippen LogP contribution in [0, 0.1) is 0 Å². The maximum atomic E-state index is 12.7. The van der Waals surface area contributed by atoms with E-state index in [4.69, 9.17) is 5.11 Å². The highest BCUT2D eigenvalue weighted by Crippen LogP contribution is 2.36. The fraction of sp³-hybridized carbons (Fsp3) is 0.429. The molecule has 0 saturated carbocycles. The van der Waals surface area contributed by atoms with Crippen molar-refractivity contribution < 1.29 is 19.8 Å². The molecule has 0 aromatic heterocycles. The number of aromatic hydroxyl groups is 1. The van der Waals surface area contributed by atoms with E-state index in [0.717, 1.165) is 16.7 Å². The van der Waals surface area contributed by atoms with E-state index in [1.807, 2.05) is 51.3 Å². The summed E-state index contributed by atoms with van der Waals surface area (Å²) in [7, 11) is 0. The second kappa shape index (κ2) is 9.13. The monoisotopic (exact) mass is 389 g/mol. The minimum atomic E-state index is -0.861. The summed E-state index contributed by atoms with van der Waals surface area (Å²) < 4.78 is 0. The Bertz CT molecular complexity index is 751. The Balaban J connectivity index is 2.30. The zero-order valence-corrected chi connectivity index (χ0v) is 17.0. The number of carboxylic acids is 1. The van der Waals surface area contributed by atoms with E-state index in [2.05, 4.69) is 0 Å². The van der Waals surface area contributed by atoms with Gasteiger partial charge in [0.2, 0.25) is 0 Å². The minimum Gasteiger partial charge on any atom is -0.507 e. The summed E-state index contributed by atoms with van der Waals surface area (Å²) in [6.45, 7) is 8.50. The molecule has 1 aliphatic heterocycles. The molecule has 2 N–H and O–H groups in total. The minimum absolute atomic E-state index is 0.0390. The quantitative estimate of drug-likeness (QED) is 0.649. The Morgan fingerprint density at radius 3 is 2.30 bits per heavy atom. The molecule has 1 aromatic rings. The van der Waals surface area contributed by atoms with Crippen LogP contribution in [0.15, 0.2) is 28.6 Å². The average Bonchev–Trinajstić information content (AvgIpc) is 2.58. The van der Waals surface area contributed by atoms with Crippen LogP contribution in [0.1, 0.15) is 69.1 Å². The molecule has 0 unspecified atom stereocenters. The predicted molar refractivity (Wildman–Crippen MR) is 110 cm³/mol. The van der Waals surface area contributed by atoms with Gasteiger partial charge >= 0.3 is 5.97 Å². The summed E-state index contributed by atoms with van der Waals surface area (Å²) in [6, 6.07) is 3.86. The zero-order chi connectivity index (χ0) is 20.1. The van der Waals surface area contributed by atoms with Crippen molar-refractivity contribution in [3.63, 3.8) is 0 Å². The van der Waals surface area contributed by atoms with Gasteiger partial charge in [-0.2, -0.15) is 0 Å². The summed E-state index contributed by atoms with van der Waals surface area (Å²) in [4.78, 5) is 25.5. The number of nitrogens with zero attached hydrogens (tertiary/aromatic N) is 1. The molecule has 0 atom stereocenters. The number of phenols is 1. The van der Waals surface area contributed by atoms with Crippen LogP contribution in [0.25, 0.3) is 6.08 Å². The molecule has 2 rings (SSSR count). The van der Waals surface area contributed by atoms with Crippen LogP contribution in [-0.4, -0.2) is 33.5 Å². The number of carboxylic acid groups (broad SMARTS) is 1. The van der Waals surface area contributed by atoms with Gasteiger partial charge in [0.05, 0.1) is 4.91 Å². The van der Waals surface area contributed by atoms with Crippen LogP contribution in [0.4, 0.5) is 0 Å². The Morgan fingerprint density at radius 2 is 1.78 bits per heavy atom. The van der Waals surface area contributed by atoms with Crippen LogP contribution in [0.5, 0.6) is 5.75 Å². The summed E-state index contributed by atoms with van der Waals surface area (Å²) in [5, 5.41) is 21.1. The van der Waals surface area contributed by atoms with Gasteiger partial charge in [-0.3, -0.25) is 9.59 Å². The molecule has 0 fully saturated rings. The van der Waals surface area contributed by atoms with Crippen LogP contribution in [0.3, 0.4) is 0 Å². The van der Waals surface area contributed by atoms with E-state index >= 15 is 0 Å². The van der Waals surface area contributed by atoms with Gasteiger partial charge in [0.25, 0.3) is 5.91 Å². The van der Waals surface area contributed by atoms with E-state index in [1.54, 1.807) is 11.1 Å². The molecule has 0 aliphatic carbocycles. The summed E-state index contributed by atoms with van der Waals surface area (Å²) in [5.74, 6) is -0.316. The number of rotatable bonds is 7. The molecular formula is C21H27NO4S. The first-order valence-corrected chi connectivity index (χ1v) is 10.0. The van der Waals surface area contributed by atoms with Gasteiger partial charge in [-0.05, 0) is 58.6 Å². The van der Waals surface area contributed by atoms with Crippen molar-refractivity contribution in [3.8, 4) is 5.75 Å². The fourth-order valence-corrected chi connectivity index (χ4v) is 3.70. The molecule has 1 amide bonds. The van der Waals surface area contributed by atoms with E-state index in [0.29, 0.717) is 23.6 Å². The molecule has 0 bridgehead atoms. The van der Waals surface area contributed by atoms with E-state index in [1.165, 1.54) is 11.8 Å². The van der Waals surface area contributed by atoms with Crippen LogP contribution >= 0.6 is 11.8 Å². The number of carbonyl (C=O) groups is 2. The van der Waals surface area contributed by atoms with Gasteiger partial charge in [-0.1, -0.05) is 39.5 Å². The van der Waals surface area contributed by atoms with Crippen molar-refractivity contribution in [2.45, 2.75) is 52.4 Å². The van der Waals surface area contributed by atoms with Crippen molar-refractivity contribution in [2.24, 2.45) is 0 Å². The third-order valence-electron chi connectivity index (χ3n) is 4.43. The smallest absolute Gasteiger partial charge is 0.303 e. The lowest BCUT2D eigenvalue weighted by Gasteiger charge is -2.23. The molecule has 0 radical (unpaired) electrons. The van der Waals surface area contributed by atoms with Crippen molar-refractivity contribution in [2.75, 3.05) is 6.54 Å². The number of phenolic OH excluding ortho intramolecular Hbond substituents is 1. The molecule has 6 heteroatoms. The largest absolute Gasteiger partial charge is 0.507 e. The van der Waals surface area contributed by atoms with Gasteiger partial charge < -0.3 is 15.1 Å². The first-order chi connectivity index (χ1) is 12.7. The second-order valence-electron chi connectivity index (χ2n) is 7.26. The highest BCUT2D eigenvalue weighted by atomic mass is 32.2. The van der Waals surface area contributed by atoms with E-state index in [9.17, 15) is 14.7 Å². The van der Waals surface area contributed by atoms with Crippen molar-refractivity contribution in [1.82, 2.24) is 4.90 Å². The maximum Gasteiger partial charge on any atom is 0.303 e. The van der Waals surface area contributed by atoms with Gasteiger partial charge in [0.15, 0.2) is 0 Å². The molecule has 1 aliphatic rings. The third kappa shape index (κ3) is 5.39. The molecule has 0 spiro atoms. The zero-order valence-electron chi connectivity index (χ0n) is 16.2. The number of carbonyl (C=O) groups excluding carboxylic acids is 1. The summed E-state index contributed by atoms with van der Waals surface area (Å²) in [6.07, 6.45) is 3.99. The standard InChI is InChI=1S/C21H27NO4S/c1-13(2)16-10-15(11-17(14(3)4)20(16)25)12-18-21(26)22(8-9-27-18)7-5-6-19(23)24/h8-14,25H,5-7H2,1-4H3,(H,23,24). The average molecular weight is 390 g/mol. The number of hydrogen-bond donors (Lipinski definition) is 2. The Morgan fingerprint density at radius 1 is 1.19 bits per heavy atom. The van der Waals surface area contributed by atoms with E-state index < -0.39 is 5.97 Å². The lowest BCUT2D eigenvalue weighted by atomic mass is 9.91. The number of hydrogen-bond acceptors (Lipinski definition) is 4. The number of amides is 1. The molecular weight excluding hydrogens is 362 g/mol. The maximum absolute atomic E-state index is 12.7. The van der Waals surface area contributed by atoms with Crippen molar-refractivity contribution in [3.05, 3.63) is 45.3 Å². The molecule has 1 aromatic carbocycles. The van der Waals surface area contributed by atoms with Gasteiger partial charge in [-0.25, -0.2) is 0 Å². The van der Waals surface area contributed by atoms with Crippen LogP contribution in [0.2, 0.25) is 0 Å². The predicted octanol–water partition coefficient (Wildman–Crippen LogP) is 4.89. The molecule has 146 valence electrons. The first kappa shape index (κ1) is 21.1. The normalized spacial score (nSPS) is 16.0. The van der Waals surface area contributed by atoms with Gasteiger partial charge in [0.1, 0.15) is 5.75 Å². The highest BCUT2D eigenvalue weighted by Gasteiger charge is 2.21. The van der Waals surface area contributed by atoms with E-state index in [-0.39, 0.29) is 24.2 Å². The third-order valence-corrected chi connectivity index (χ3v) is 5.23. The van der Waals surface area contributed by atoms with Crippen LogP contribution < -0.4 is 0 Å². The number of thioether (sulfide) groups is 1. The van der Waals surface area contributed by atoms with Gasteiger partial charge in [0, 0.05) is 19.2 Å². The molecule has 1 heterocycles.